The first kappa shape index (κ1) is 25.8. The zero-order valence-corrected chi connectivity index (χ0v) is 20.3. The van der Waals surface area contributed by atoms with Crippen molar-refractivity contribution in [3.8, 4) is 0 Å². The van der Waals surface area contributed by atoms with Crippen LogP contribution in [-0.2, 0) is 28.6 Å². The van der Waals surface area contributed by atoms with Crippen molar-refractivity contribution in [3.63, 3.8) is 0 Å². The monoisotopic (exact) mass is 491 g/mol. The van der Waals surface area contributed by atoms with Gasteiger partial charge in [-0.25, -0.2) is 0 Å². The Balaban J connectivity index is 1.57. The maximum atomic E-state index is 14.0. The minimum atomic E-state index is -1.09. The molecule has 0 saturated carbocycles. The molecule has 4 saturated heterocycles. The number of amides is 2. The van der Waals surface area contributed by atoms with E-state index in [9.17, 15) is 19.5 Å². The van der Waals surface area contributed by atoms with Crippen molar-refractivity contribution in [1.29, 1.82) is 0 Å². The molecular weight excluding hydrogens is 454 g/mol. The number of hydrogen-bond acceptors (Lipinski definition) is 8. The number of nitrogens with zero attached hydrogens (tertiary/aromatic N) is 3. The van der Waals surface area contributed by atoms with Crippen LogP contribution in [0.5, 0.6) is 0 Å². The van der Waals surface area contributed by atoms with E-state index in [1.54, 1.807) is 17.1 Å². The second-order valence-electron chi connectivity index (χ2n) is 9.58. The van der Waals surface area contributed by atoms with Crippen LogP contribution >= 0.6 is 0 Å². The van der Waals surface area contributed by atoms with Crippen molar-refractivity contribution in [3.05, 3.63) is 25.3 Å². The van der Waals surface area contributed by atoms with E-state index in [2.05, 4.69) is 18.1 Å². The van der Waals surface area contributed by atoms with Gasteiger partial charge in [-0.2, -0.15) is 0 Å². The summed E-state index contributed by atoms with van der Waals surface area (Å²) in [5.74, 6) is -2.56. The maximum Gasteiger partial charge on any atom is 0.312 e. The molecule has 0 aromatic heterocycles. The summed E-state index contributed by atoms with van der Waals surface area (Å²) >= 11 is 0. The van der Waals surface area contributed by atoms with Crippen molar-refractivity contribution in [2.75, 3.05) is 65.7 Å². The van der Waals surface area contributed by atoms with Crippen LogP contribution in [0.25, 0.3) is 0 Å². The van der Waals surface area contributed by atoms with Gasteiger partial charge in [-0.3, -0.25) is 19.3 Å². The van der Waals surface area contributed by atoms with E-state index in [1.165, 1.54) is 4.90 Å². The molecule has 10 nitrogen and oxygen atoms in total. The SMILES string of the molecule is C=CCCOC(=O)[C@@H]1[C@@H]2CCC3(O2)C(C(=O)N(CC=C)CCN2CCOCC2)N(CCO)C(=O)[C@H]13. The van der Waals surface area contributed by atoms with Gasteiger partial charge in [0, 0.05) is 39.3 Å². The summed E-state index contributed by atoms with van der Waals surface area (Å²) < 4.78 is 17.2. The molecule has 35 heavy (non-hydrogen) atoms. The minimum absolute atomic E-state index is 0.00510. The van der Waals surface area contributed by atoms with Crippen LogP contribution in [0.2, 0.25) is 0 Å². The molecule has 1 N–H and O–H groups in total. The molecule has 2 amide bonds. The molecule has 4 fully saturated rings. The normalized spacial score (nSPS) is 31.9. The van der Waals surface area contributed by atoms with Crippen LogP contribution < -0.4 is 0 Å². The van der Waals surface area contributed by atoms with Crippen LogP contribution in [-0.4, -0.2) is 121 Å². The Hall–Kier alpha value is -2.27. The zero-order chi connectivity index (χ0) is 25.0. The topological polar surface area (TPSA) is 109 Å². The number of aliphatic hydroxyl groups excluding tert-OH is 1. The predicted molar refractivity (Wildman–Crippen MR) is 126 cm³/mol. The number of carbonyl (C=O) groups is 3. The maximum absolute atomic E-state index is 14.0. The third kappa shape index (κ3) is 4.76. The average Bonchev–Trinajstić information content (AvgIpc) is 3.50. The Morgan fingerprint density at radius 2 is 2.00 bits per heavy atom. The number of β-amino-alcohol motifs (C(OH)–C–C–N with tert-alkyl or cyclic N) is 1. The van der Waals surface area contributed by atoms with Crippen LogP contribution in [0.3, 0.4) is 0 Å². The van der Waals surface area contributed by atoms with E-state index in [0.29, 0.717) is 52.1 Å². The van der Waals surface area contributed by atoms with Gasteiger partial charge in [-0.15, -0.1) is 13.2 Å². The van der Waals surface area contributed by atoms with Gasteiger partial charge in [0.25, 0.3) is 0 Å². The molecule has 0 aromatic carbocycles. The number of ether oxygens (including phenoxy) is 3. The van der Waals surface area contributed by atoms with Gasteiger partial charge in [0.15, 0.2) is 0 Å². The molecule has 4 rings (SSSR count). The number of rotatable bonds is 12. The Labute approximate surface area is 206 Å². The standard InChI is InChI=1S/C25H37N3O7/c1-3-5-15-34-24(32)19-18-6-7-25(35-18)20(19)22(30)28(11-14-29)21(25)23(31)27(8-4-2)10-9-26-12-16-33-17-13-26/h3-4,18-21,29H,1-2,5-17H2/t18-,19+,20-,21?,25?/m0/s1. The van der Waals surface area contributed by atoms with Gasteiger partial charge in [0.2, 0.25) is 11.8 Å². The lowest BCUT2D eigenvalue weighted by molar-refractivity contribution is -0.155. The molecule has 10 heteroatoms. The summed E-state index contributed by atoms with van der Waals surface area (Å²) in [5, 5.41) is 9.71. The zero-order valence-electron chi connectivity index (χ0n) is 20.3. The third-order valence-electron chi connectivity index (χ3n) is 7.66. The number of fused-ring (bicyclic) bond motifs is 1. The molecule has 4 aliphatic heterocycles. The highest BCUT2D eigenvalue weighted by molar-refractivity contribution is 5.98. The molecule has 4 aliphatic rings. The number of carbonyl (C=O) groups excluding carboxylic acids is 3. The highest BCUT2D eigenvalue weighted by Gasteiger charge is 2.75. The lowest BCUT2D eigenvalue weighted by Gasteiger charge is -2.37. The first-order chi connectivity index (χ1) is 17.0. The Kier molecular flexibility index (Phi) is 8.26. The highest BCUT2D eigenvalue weighted by atomic mass is 16.6. The average molecular weight is 492 g/mol. The molecule has 5 atom stereocenters. The summed E-state index contributed by atoms with van der Waals surface area (Å²) in [6.45, 7) is 11.8. The van der Waals surface area contributed by atoms with Crippen LogP contribution in [0, 0.1) is 11.8 Å². The first-order valence-corrected chi connectivity index (χ1v) is 12.5. The van der Waals surface area contributed by atoms with E-state index in [1.807, 2.05) is 0 Å². The van der Waals surface area contributed by atoms with E-state index in [-0.39, 0.29) is 31.6 Å². The van der Waals surface area contributed by atoms with Crippen molar-refractivity contribution in [1.82, 2.24) is 14.7 Å². The molecular formula is C25H37N3O7. The van der Waals surface area contributed by atoms with Crippen molar-refractivity contribution in [2.24, 2.45) is 11.8 Å². The fourth-order valence-electron chi connectivity index (χ4n) is 6.09. The summed E-state index contributed by atoms with van der Waals surface area (Å²) in [7, 11) is 0. The molecule has 4 heterocycles. The van der Waals surface area contributed by atoms with Crippen molar-refractivity contribution >= 4 is 17.8 Å². The second-order valence-corrected chi connectivity index (χ2v) is 9.58. The number of aliphatic hydroxyl groups is 1. The summed E-state index contributed by atoms with van der Waals surface area (Å²) in [6.07, 6.45) is 4.49. The van der Waals surface area contributed by atoms with E-state index < -0.39 is 35.6 Å². The number of esters is 1. The molecule has 0 radical (unpaired) electrons. The molecule has 1 spiro atoms. The predicted octanol–water partition coefficient (Wildman–Crippen LogP) is -0.181. The highest BCUT2D eigenvalue weighted by Crippen LogP contribution is 2.58. The number of morpholine rings is 1. The van der Waals surface area contributed by atoms with E-state index in [0.717, 1.165) is 13.1 Å². The van der Waals surface area contributed by atoms with Crippen molar-refractivity contribution in [2.45, 2.75) is 37.0 Å². The Morgan fingerprint density at radius 3 is 2.69 bits per heavy atom. The molecule has 0 aliphatic carbocycles. The largest absolute Gasteiger partial charge is 0.465 e. The van der Waals surface area contributed by atoms with Gasteiger partial charge in [0.05, 0.1) is 44.4 Å². The number of hydrogen-bond donors (Lipinski definition) is 1. The van der Waals surface area contributed by atoms with Crippen molar-refractivity contribution < 1.29 is 33.7 Å². The van der Waals surface area contributed by atoms with Gasteiger partial charge >= 0.3 is 5.97 Å². The quantitative estimate of drug-likeness (QED) is 0.228. The van der Waals surface area contributed by atoms with Gasteiger partial charge < -0.3 is 29.1 Å². The smallest absolute Gasteiger partial charge is 0.312 e. The van der Waals surface area contributed by atoms with Crippen LogP contribution in [0.4, 0.5) is 0 Å². The Morgan fingerprint density at radius 1 is 1.23 bits per heavy atom. The molecule has 0 aromatic rings. The van der Waals surface area contributed by atoms with E-state index in [4.69, 9.17) is 14.2 Å². The number of likely N-dealkylation sites (tertiary alicyclic amines) is 1. The first-order valence-electron chi connectivity index (χ1n) is 12.5. The minimum Gasteiger partial charge on any atom is -0.465 e. The summed E-state index contributed by atoms with van der Waals surface area (Å²) in [6, 6.07) is -0.896. The van der Waals surface area contributed by atoms with Gasteiger partial charge in [0.1, 0.15) is 11.6 Å². The van der Waals surface area contributed by atoms with Gasteiger partial charge in [-0.1, -0.05) is 12.2 Å². The fourth-order valence-corrected chi connectivity index (χ4v) is 6.09. The molecule has 194 valence electrons. The van der Waals surface area contributed by atoms with Gasteiger partial charge in [-0.05, 0) is 19.3 Å². The molecule has 2 unspecified atom stereocenters. The summed E-state index contributed by atoms with van der Waals surface area (Å²) in [4.78, 5) is 45.9. The Bertz CT molecular complexity index is 830. The van der Waals surface area contributed by atoms with Crippen LogP contribution in [0.15, 0.2) is 25.3 Å². The fraction of sp³-hybridized carbons (Fsp3) is 0.720. The lowest BCUT2D eigenvalue weighted by Crippen LogP contribution is -2.57. The lowest BCUT2D eigenvalue weighted by atomic mass is 9.70. The summed E-state index contributed by atoms with van der Waals surface area (Å²) in [5.41, 5.74) is -1.09. The second kappa shape index (κ2) is 11.2. The third-order valence-corrected chi connectivity index (χ3v) is 7.66. The molecule has 2 bridgehead atoms. The van der Waals surface area contributed by atoms with Crippen LogP contribution in [0.1, 0.15) is 19.3 Å². The van der Waals surface area contributed by atoms with E-state index >= 15 is 0 Å².